The SMILES string of the molecule is CC(C)NC(=O)[C@H](Cc1ccccc1)N(Cc1ccc(Cl)cc1)C(=O)COc1ccc(C(C)(C)C)cc1Br. The Bertz CT molecular complexity index is 1220. The van der Waals surface area contributed by atoms with E-state index in [1.54, 1.807) is 17.0 Å². The van der Waals surface area contributed by atoms with Gasteiger partial charge in [0.15, 0.2) is 6.61 Å². The van der Waals surface area contributed by atoms with Gasteiger partial charge in [-0.15, -0.1) is 0 Å². The molecule has 38 heavy (non-hydrogen) atoms. The normalized spacial score (nSPS) is 12.2. The molecule has 1 N–H and O–H groups in total. The molecule has 3 aromatic carbocycles. The fourth-order valence-electron chi connectivity index (χ4n) is 4.03. The van der Waals surface area contributed by atoms with E-state index in [0.717, 1.165) is 21.2 Å². The van der Waals surface area contributed by atoms with Crippen LogP contribution in [0.2, 0.25) is 5.02 Å². The molecule has 0 bridgehead atoms. The zero-order valence-corrected chi connectivity index (χ0v) is 25.0. The first-order valence-corrected chi connectivity index (χ1v) is 13.9. The van der Waals surface area contributed by atoms with Gasteiger partial charge in [0.05, 0.1) is 4.47 Å². The van der Waals surface area contributed by atoms with Crippen LogP contribution in [0, 0.1) is 0 Å². The van der Waals surface area contributed by atoms with Gasteiger partial charge in [0.1, 0.15) is 11.8 Å². The van der Waals surface area contributed by atoms with Crippen LogP contribution in [-0.4, -0.2) is 35.4 Å². The van der Waals surface area contributed by atoms with Crippen LogP contribution >= 0.6 is 27.5 Å². The van der Waals surface area contributed by atoms with Gasteiger partial charge in [-0.2, -0.15) is 0 Å². The van der Waals surface area contributed by atoms with Gasteiger partial charge in [-0.1, -0.05) is 80.9 Å². The predicted molar refractivity (Wildman–Crippen MR) is 158 cm³/mol. The van der Waals surface area contributed by atoms with Crippen LogP contribution in [-0.2, 0) is 28.0 Å². The maximum atomic E-state index is 13.7. The summed E-state index contributed by atoms with van der Waals surface area (Å²) in [7, 11) is 0. The Kier molecular flexibility index (Phi) is 10.4. The molecule has 0 aliphatic carbocycles. The summed E-state index contributed by atoms with van der Waals surface area (Å²) >= 11 is 9.68. The van der Waals surface area contributed by atoms with Gasteiger partial charge in [-0.05, 0) is 76.1 Å². The number of benzene rings is 3. The van der Waals surface area contributed by atoms with Crippen LogP contribution in [0.3, 0.4) is 0 Å². The lowest BCUT2D eigenvalue weighted by Crippen LogP contribution is -2.52. The molecule has 0 fully saturated rings. The monoisotopic (exact) mass is 598 g/mol. The van der Waals surface area contributed by atoms with Crippen molar-refractivity contribution in [2.75, 3.05) is 6.61 Å². The summed E-state index contributed by atoms with van der Waals surface area (Å²) in [5.74, 6) is 0.0810. The van der Waals surface area contributed by atoms with Crippen molar-refractivity contribution < 1.29 is 14.3 Å². The molecular weight excluding hydrogens is 564 g/mol. The lowest BCUT2D eigenvalue weighted by Gasteiger charge is -2.32. The van der Waals surface area contributed by atoms with Crippen LogP contribution in [0.1, 0.15) is 51.3 Å². The van der Waals surface area contributed by atoms with Gasteiger partial charge in [0.2, 0.25) is 5.91 Å². The smallest absolute Gasteiger partial charge is 0.261 e. The summed E-state index contributed by atoms with van der Waals surface area (Å²) in [4.78, 5) is 28.8. The van der Waals surface area contributed by atoms with E-state index in [-0.39, 0.29) is 36.4 Å². The number of carbonyl (C=O) groups excluding carboxylic acids is 2. The number of carbonyl (C=O) groups is 2. The molecule has 0 aromatic heterocycles. The minimum atomic E-state index is -0.724. The maximum Gasteiger partial charge on any atom is 0.261 e. The second kappa shape index (κ2) is 13.3. The fourth-order valence-corrected chi connectivity index (χ4v) is 4.65. The van der Waals surface area contributed by atoms with E-state index in [1.807, 2.05) is 74.5 Å². The van der Waals surface area contributed by atoms with Crippen molar-refractivity contribution in [3.8, 4) is 5.75 Å². The molecule has 0 heterocycles. The summed E-state index contributed by atoms with van der Waals surface area (Å²) in [5, 5.41) is 3.60. The van der Waals surface area contributed by atoms with Gasteiger partial charge < -0.3 is 15.0 Å². The van der Waals surface area contributed by atoms with Crippen LogP contribution in [0.5, 0.6) is 5.75 Å². The Hall–Kier alpha value is -2.83. The quantitative estimate of drug-likeness (QED) is 0.275. The van der Waals surface area contributed by atoms with Crippen molar-refractivity contribution in [2.24, 2.45) is 0 Å². The minimum absolute atomic E-state index is 0.0132. The van der Waals surface area contributed by atoms with E-state index in [2.05, 4.69) is 42.0 Å². The van der Waals surface area contributed by atoms with E-state index in [4.69, 9.17) is 16.3 Å². The molecule has 2 amide bonds. The number of ether oxygens (including phenoxy) is 1. The highest BCUT2D eigenvalue weighted by atomic mass is 79.9. The maximum absolute atomic E-state index is 13.7. The zero-order valence-electron chi connectivity index (χ0n) is 22.6. The van der Waals surface area contributed by atoms with Gasteiger partial charge in [0.25, 0.3) is 5.91 Å². The van der Waals surface area contributed by atoms with Crippen molar-refractivity contribution in [1.29, 1.82) is 0 Å². The Morgan fingerprint density at radius 3 is 2.21 bits per heavy atom. The summed E-state index contributed by atoms with van der Waals surface area (Å²) < 4.78 is 6.75. The van der Waals surface area contributed by atoms with Crippen molar-refractivity contribution >= 4 is 39.3 Å². The van der Waals surface area contributed by atoms with Crippen molar-refractivity contribution in [1.82, 2.24) is 10.2 Å². The molecular formula is C31H36BrClN2O3. The molecule has 0 aliphatic rings. The fraction of sp³-hybridized carbons (Fsp3) is 0.355. The van der Waals surface area contributed by atoms with Crippen LogP contribution in [0.4, 0.5) is 0 Å². The largest absolute Gasteiger partial charge is 0.483 e. The average molecular weight is 600 g/mol. The summed E-state index contributed by atoms with van der Waals surface area (Å²) in [6.07, 6.45) is 0.378. The Labute approximate surface area is 239 Å². The summed E-state index contributed by atoms with van der Waals surface area (Å²) in [6, 6.07) is 22.1. The zero-order chi connectivity index (χ0) is 27.9. The molecule has 0 unspecified atom stereocenters. The highest BCUT2D eigenvalue weighted by Gasteiger charge is 2.31. The topological polar surface area (TPSA) is 58.6 Å². The van der Waals surface area contributed by atoms with E-state index < -0.39 is 6.04 Å². The first-order valence-electron chi connectivity index (χ1n) is 12.7. The molecule has 7 heteroatoms. The van der Waals surface area contributed by atoms with Crippen LogP contribution < -0.4 is 10.1 Å². The number of nitrogens with one attached hydrogen (secondary N) is 1. The molecule has 3 aromatic rings. The van der Waals surface area contributed by atoms with E-state index in [9.17, 15) is 9.59 Å². The number of hydrogen-bond donors (Lipinski definition) is 1. The number of rotatable bonds is 10. The second-order valence-corrected chi connectivity index (χ2v) is 12.0. The molecule has 0 aliphatic heterocycles. The van der Waals surface area contributed by atoms with Crippen molar-refractivity contribution in [3.05, 3.63) is 99.0 Å². The number of amides is 2. The molecule has 5 nitrogen and oxygen atoms in total. The summed E-state index contributed by atoms with van der Waals surface area (Å²) in [5.41, 5.74) is 2.97. The van der Waals surface area contributed by atoms with E-state index in [0.29, 0.717) is 17.2 Å². The van der Waals surface area contributed by atoms with Gasteiger partial charge >= 0.3 is 0 Å². The third-order valence-electron chi connectivity index (χ3n) is 6.12. The predicted octanol–water partition coefficient (Wildman–Crippen LogP) is 6.94. The molecule has 202 valence electrons. The van der Waals surface area contributed by atoms with Crippen molar-refractivity contribution in [2.45, 2.75) is 65.1 Å². The Morgan fingerprint density at radius 1 is 0.974 bits per heavy atom. The first-order chi connectivity index (χ1) is 17.9. The highest BCUT2D eigenvalue weighted by molar-refractivity contribution is 9.10. The third kappa shape index (κ3) is 8.60. The highest BCUT2D eigenvalue weighted by Crippen LogP contribution is 2.31. The molecule has 0 saturated heterocycles. The number of nitrogens with zero attached hydrogens (tertiary/aromatic N) is 1. The van der Waals surface area contributed by atoms with E-state index in [1.165, 1.54) is 0 Å². The number of halogens is 2. The molecule has 3 rings (SSSR count). The number of hydrogen-bond acceptors (Lipinski definition) is 3. The van der Waals surface area contributed by atoms with Gasteiger partial charge in [-0.25, -0.2) is 0 Å². The Morgan fingerprint density at radius 2 is 1.63 bits per heavy atom. The van der Waals surface area contributed by atoms with Gasteiger partial charge in [0, 0.05) is 24.0 Å². The average Bonchev–Trinajstić information content (AvgIpc) is 2.86. The first kappa shape index (κ1) is 29.7. The van der Waals surface area contributed by atoms with Gasteiger partial charge in [-0.3, -0.25) is 9.59 Å². The standard InChI is InChI=1S/C31H36BrClN2O3/c1-21(2)34-30(37)27(17-22-9-7-6-8-10-22)35(19-23-11-14-25(33)15-12-23)29(36)20-38-28-16-13-24(18-26(28)32)31(3,4)5/h6-16,18,21,27H,17,19-20H2,1-5H3,(H,34,37)/t27-/m0/s1. The third-order valence-corrected chi connectivity index (χ3v) is 6.99. The van der Waals surface area contributed by atoms with Crippen LogP contribution in [0.15, 0.2) is 77.3 Å². The lowest BCUT2D eigenvalue weighted by atomic mass is 9.87. The molecule has 0 radical (unpaired) electrons. The lowest BCUT2D eigenvalue weighted by molar-refractivity contribution is -0.143. The second-order valence-electron chi connectivity index (χ2n) is 10.7. The molecule has 0 spiro atoms. The summed E-state index contributed by atoms with van der Waals surface area (Å²) in [6.45, 7) is 10.3. The van der Waals surface area contributed by atoms with Crippen LogP contribution in [0.25, 0.3) is 0 Å². The van der Waals surface area contributed by atoms with Crippen molar-refractivity contribution in [3.63, 3.8) is 0 Å². The minimum Gasteiger partial charge on any atom is -0.483 e. The van der Waals surface area contributed by atoms with E-state index >= 15 is 0 Å². The molecule has 1 atom stereocenters. The molecule has 0 saturated carbocycles. The Balaban J connectivity index is 1.90.